The molecule has 0 amide bonds. The number of benzene rings is 1. The fraction of sp³-hybridized carbons (Fsp3) is 0.308. The number of aromatic nitrogens is 1. The Labute approximate surface area is 94.4 Å². The summed E-state index contributed by atoms with van der Waals surface area (Å²) >= 11 is 0. The third-order valence-corrected chi connectivity index (χ3v) is 2.92. The molecule has 0 unspecified atom stereocenters. The summed E-state index contributed by atoms with van der Waals surface area (Å²) in [6.45, 7) is 3.81. The molecule has 3 heteroatoms. The third-order valence-electron chi connectivity index (χ3n) is 2.92. The van der Waals surface area contributed by atoms with E-state index >= 15 is 0 Å². The highest BCUT2D eigenvalue weighted by Gasteiger charge is 2.19. The molecule has 0 saturated carbocycles. The van der Waals surface area contributed by atoms with Crippen LogP contribution >= 0.6 is 0 Å². The Morgan fingerprint density at radius 2 is 2.06 bits per heavy atom. The summed E-state index contributed by atoms with van der Waals surface area (Å²) in [6.07, 6.45) is 3.65. The summed E-state index contributed by atoms with van der Waals surface area (Å²) in [4.78, 5) is 14.2. The molecule has 1 aromatic heterocycles. The van der Waals surface area contributed by atoms with E-state index in [0.717, 1.165) is 11.1 Å². The molecule has 2 aromatic rings. The first-order valence-corrected chi connectivity index (χ1v) is 5.19. The standard InChI is InChI=1S/C13H14N2O/c1-13(2,14-9-16)11-5-4-10-6-7-15(3)12(10)8-11/h4-8H,1-3H3. The molecule has 0 aliphatic carbocycles. The minimum atomic E-state index is -0.514. The van der Waals surface area contributed by atoms with Crippen molar-refractivity contribution < 1.29 is 4.79 Å². The molecule has 1 heterocycles. The molecule has 0 aliphatic rings. The van der Waals surface area contributed by atoms with E-state index in [9.17, 15) is 4.79 Å². The van der Waals surface area contributed by atoms with Crippen LogP contribution in [0.2, 0.25) is 0 Å². The van der Waals surface area contributed by atoms with E-state index in [2.05, 4.69) is 21.7 Å². The van der Waals surface area contributed by atoms with Crippen LogP contribution in [-0.4, -0.2) is 10.6 Å². The number of rotatable bonds is 2. The first kappa shape index (κ1) is 10.7. The first-order chi connectivity index (χ1) is 7.54. The van der Waals surface area contributed by atoms with Crippen molar-refractivity contribution in [2.75, 3.05) is 0 Å². The number of isocyanates is 1. The Morgan fingerprint density at radius 1 is 1.31 bits per heavy atom. The van der Waals surface area contributed by atoms with E-state index in [1.54, 1.807) is 6.08 Å². The van der Waals surface area contributed by atoms with Crippen LogP contribution in [0.1, 0.15) is 19.4 Å². The molecule has 82 valence electrons. The van der Waals surface area contributed by atoms with Gasteiger partial charge in [0, 0.05) is 18.8 Å². The van der Waals surface area contributed by atoms with Crippen molar-refractivity contribution in [1.82, 2.24) is 4.57 Å². The number of aryl methyl sites for hydroxylation is 1. The van der Waals surface area contributed by atoms with Crippen LogP contribution in [0.25, 0.3) is 10.9 Å². The van der Waals surface area contributed by atoms with Crippen molar-refractivity contribution in [3.8, 4) is 0 Å². The lowest BCUT2D eigenvalue weighted by Crippen LogP contribution is -2.13. The molecule has 1 aromatic carbocycles. The molecule has 0 aliphatic heterocycles. The molecule has 0 atom stereocenters. The maximum Gasteiger partial charge on any atom is 0.235 e. The van der Waals surface area contributed by atoms with Crippen LogP contribution in [0.3, 0.4) is 0 Å². The van der Waals surface area contributed by atoms with Gasteiger partial charge in [0.2, 0.25) is 6.08 Å². The summed E-state index contributed by atoms with van der Waals surface area (Å²) in [5.74, 6) is 0. The van der Waals surface area contributed by atoms with Gasteiger partial charge in [0.15, 0.2) is 0 Å². The SMILES string of the molecule is Cn1ccc2ccc(C(C)(C)N=C=O)cc21. The summed E-state index contributed by atoms with van der Waals surface area (Å²) in [5, 5.41) is 1.19. The minimum absolute atomic E-state index is 0.514. The summed E-state index contributed by atoms with van der Waals surface area (Å²) in [5.41, 5.74) is 1.65. The summed E-state index contributed by atoms with van der Waals surface area (Å²) in [7, 11) is 2.00. The van der Waals surface area contributed by atoms with Crippen molar-refractivity contribution in [2.45, 2.75) is 19.4 Å². The molecular formula is C13H14N2O. The number of carbonyl (C=O) groups excluding carboxylic acids is 1. The second kappa shape index (κ2) is 3.62. The average Bonchev–Trinajstić information content (AvgIpc) is 2.60. The average molecular weight is 214 g/mol. The highest BCUT2D eigenvalue weighted by molar-refractivity contribution is 5.81. The maximum absolute atomic E-state index is 10.4. The predicted octanol–water partition coefficient (Wildman–Crippen LogP) is 2.75. The lowest BCUT2D eigenvalue weighted by molar-refractivity contribution is 0.523. The highest BCUT2D eigenvalue weighted by Crippen LogP contribution is 2.27. The van der Waals surface area contributed by atoms with E-state index in [4.69, 9.17) is 0 Å². The lowest BCUT2D eigenvalue weighted by Gasteiger charge is -2.18. The Balaban J connectivity index is 2.62. The Hall–Kier alpha value is -1.86. The zero-order chi connectivity index (χ0) is 11.8. The monoisotopic (exact) mass is 214 g/mol. The zero-order valence-corrected chi connectivity index (χ0v) is 9.69. The van der Waals surface area contributed by atoms with Crippen molar-refractivity contribution >= 4 is 17.0 Å². The first-order valence-electron chi connectivity index (χ1n) is 5.19. The van der Waals surface area contributed by atoms with Crippen LogP contribution in [0, 0.1) is 0 Å². The topological polar surface area (TPSA) is 34.4 Å². The van der Waals surface area contributed by atoms with E-state index < -0.39 is 5.54 Å². The number of fused-ring (bicyclic) bond motifs is 1. The van der Waals surface area contributed by atoms with Crippen molar-refractivity contribution in [1.29, 1.82) is 0 Å². The Bertz CT molecular complexity index is 575. The van der Waals surface area contributed by atoms with Crippen molar-refractivity contribution in [2.24, 2.45) is 12.0 Å². The van der Waals surface area contributed by atoms with Gasteiger partial charge < -0.3 is 4.57 Å². The van der Waals surface area contributed by atoms with Gasteiger partial charge in [-0.2, -0.15) is 4.99 Å². The Kier molecular flexibility index (Phi) is 2.41. The normalized spacial score (nSPS) is 11.4. The van der Waals surface area contributed by atoms with Crippen molar-refractivity contribution in [3.63, 3.8) is 0 Å². The lowest BCUT2D eigenvalue weighted by atomic mass is 9.94. The van der Waals surface area contributed by atoms with Gasteiger partial charge in [-0.15, -0.1) is 0 Å². The van der Waals surface area contributed by atoms with Crippen LogP contribution in [0.5, 0.6) is 0 Å². The van der Waals surface area contributed by atoms with E-state index in [-0.39, 0.29) is 0 Å². The third kappa shape index (κ3) is 1.66. The predicted molar refractivity (Wildman–Crippen MR) is 64.1 cm³/mol. The second-order valence-electron chi connectivity index (χ2n) is 4.46. The van der Waals surface area contributed by atoms with Crippen LogP contribution in [0.4, 0.5) is 0 Å². The van der Waals surface area contributed by atoms with Gasteiger partial charge in [-0.3, -0.25) is 0 Å². The van der Waals surface area contributed by atoms with Gasteiger partial charge in [0.05, 0.1) is 5.54 Å². The number of nitrogens with zero attached hydrogens (tertiary/aromatic N) is 2. The fourth-order valence-electron chi connectivity index (χ4n) is 1.82. The summed E-state index contributed by atoms with van der Waals surface area (Å²) < 4.78 is 2.06. The molecule has 0 fully saturated rings. The molecule has 16 heavy (non-hydrogen) atoms. The van der Waals surface area contributed by atoms with Gasteiger partial charge in [0.25, 0.3) is 0 Å². The van der Waals surface area contributed by atoms with Gasteiger partial charge in [0.1, 0.15) is 0 Å². The van der Waals surface area contributed by atoms with Gasteiger partial charge in [-0.1, -0.05) is 12.1 Å². The molecule has 0 radical (unpaired) electrons. The molecule has 3 nitrogen and oxygen atoms in total. The number of aliphatic imine (C=N–C) groups is 1. The Morgan fingerprint density at radius 3 is 2.75 bits per heavy atom. The highest BCUT2D eigenvalue weighted by atomic mass is 16.1. The molecule has 0 N–H and O–H groups in total. The van der Waals surface area contributed by atoms with Crippen LogP contribution in [0.15, 0.2) is 35.5 Å². The van der Waals surface area contributed by atoms with Gasteiger partial charge in [-0.05, 0) is 36.9 Å². The van der Waals surface area contributed by atoms with E-state index in [1.807, 2.05) is 39.2 Å². The van der Waals surface area contributed by atoms with Gasteiger partial charge >= 0.3 is 0 Å². The maximum atomic E-state index is 10.4. The largest absolute Gasteiger partial charge is 0.351 e. The molecule has 2 rings (SSSR count). The minimum Gasteiger partial charge on any atom is -0.351 e. The van der Waals surface area contributed by atoms with Crippen LogP contribution < -0.4 is 0 Å². The second-order valence-corrected chi connectivity index (χ2v) is 4.46. The number of hydrogen-bond acceptors (Lipinski definition) is 2. The number of hydrogen-bond donors (Lipinski definition) is 0. The molecular weight excluding hydrogens is 200 g/mol. The van der Waals surface area contributed by atoms with Crippen LogP contribution in [-0.2, 0) is 17.4 Å². The smallest absolute Gasteiger partial charge is 0.235 e. The van der Waals surface area contributed by atoms with E-state index in [0.29, 0.717) is 0 Å². The molecule has 0 saturated heterocycles. The van der Waals surface area contributed by atoms with Crippen molar-refractivity contribution in [3.05, 3.63) is 36.0 Å². The zero-order valence-electron chi connectivity index (χ0n) is 9.69. The fourth-order valence-corrected chi connectivity index (χ4v) is 1.82. The quantitative estimate of drug-likeness (QED) is 0.559. The van der Waals surface area contributed by atoms with Gasteiger partial charge in [-0.25, -0.2) is 4.79 Å². The summed E-state index contributed by atoms with van der Waals surface area (Å²) in [6, 6.07) is 8.18. The van der Waals surface area contributed by atoms with E-state index in [1.165, 1.54) is 5.39 Å². The molecule has 0 bridgehead atoms. The molecule has 0 spiro atoms.